The number of hydrogen-bond donors (Lipinski definition) is 3. The molecule has 1 atom stereocenters. The second-order valence-corrected chi connectivity index (χ2v) is 7.80. The number of hydrogen-bond acceptors (Lipinski definition) is 6. The summed E-state index contributed by atoms with van der Waals surface area (Å²) in [5, 5.41) is 0. The van der Waals surface area contributed by atoms with Crippen LogP contribution in [0.3, 0.4) is 0 Å². The summed E-state index contributed by atoms with van der Waals surface area (Å²) in [7, 11) is -3.90. The molecule has 0 aliphatic heterocycles. The number of hydrazine groups is 1. The molecule has 0 saturated heterocycles. The summed E-state index contributed by atoms with van der Waals surface area (Å²) in [5.41, 5.74) is 4.85. The number of esters is 1. The molecular formula is C19H21N3O6S. The zero-order valence-corrected chi connectivity index (χ0v) is 16.7. The van der Waals surface area contributed by atoms with E-state index in [-0.39, 0.29) is 10.5 Å². The standard InChI is InChI=1S/C19H21N3O6S/c1-13(15-7-4-3-5-8-15)22-29(26,27)17-10-6-9-16(11-17)19(25)28-12-18(24)21-20-14(2)23/h3-11,13,22H,12H2,1-2H3,(H,20,23)(H,21,24)/t13-/m1/s1. The van der Waals surface area contributed by atoms with Gasteiger partial charge in [-0.05, 0) is 30.7 Å². The van der Waals surface area contributed by atoms with Gasteiger partial charge in [-0.25, -0.2) is 17.9 Å². The summed E-state index contributed by atoms with van der Waals surface area (Å²) in [6.07, 6.45) is 0. The molecule has 0 spiro atoms. The molecule has 0 fully saturated rings. The van der Waals surface area contributed by atoms with Crippen molar-refractivity contribution in [3.8, 4) is 0 Å². The lowest BCUT2D eigenvalue weighted by Crippen LogP contribution is -2.42. The molecule has 2 rings (SSSR count). The highest BCUT2D eigenvalue weighted by Crippen LogP contribution is 2.18. The average Bonchev–Trinajstić information content (AvgIpc) is 2.70. The van der Waals surface area contributed by atoms with Crippen LogP contribution in [0.15, 0.2) is 59.5 Å². The molecule has 0 saturated carbocycles. The molecule has 29 heavy (non-hydrogen) atoms. The molecule has 3 N–H and O–H groups in total. The summed E-state index contributed by atoms with van der Waals surface area (Å²) >= 11 is 0. The van der Waals surface area contributed by atoms with Crippen molar-refractivity contribution in [2.45, 2.75) is 24.8 Å². The lowest BCUT2D eigenvalue weighted by molar-refractivity contribution is -0.129. The van der Waals surface area contributed by atoms with Crippen LogP contribution < -0.4 is 15.6 Å². The molecule has 0 aliphatic rings. The Morgan fingerprint density at radius 2 is 1.69 bits per heavy atom. The van der Waals surface area contributed by atoms with Crippen molar-refractivity contribution in [1.29, 1.82) is 0 Å². The van der Waals surface area contributed by atoms with Crippen molar-refractivity contribution in [2.24, 2.45) is 0 Å². The van der Waals surface area contributed by atoms with E-state index in [1.54, 1.807) is 31.2 Å². The number of carbonyl (C=O) groups is 3. The maximum absolute atomic E-state index is 12.6. The van der Waals surface area contributed by atoms with E-state index in [1.807, 2.05) is 11.5 Å². The topological polar surface area (TPSA) is 131 Å². The monoisotopic (exact) mass is 419 g/mol. The fraction of sp³-hybridized carbons (Fsp3) is 0.211. The van der Waals surface area contributed by atoms with Gasteiger partial charge >= 0.3 is 5.97 Å². The number of sulfonamides is 1. The lowest BCUT2D eigenvalue weighted by Gasteiger charge is -2.15. The smallest absolute Gasteiger partial charge is 0.338 e. The van der Waals surface area contributed by atoms with E-state index in [4.69, 9.17) is 4.74 Å². The summed E-state index contributed by atoms with van der Waals surface area (Å²) in [6.45, 7) is 2.27. The van der Waals surface area contributed by atoms with Gasteiger partial charge in [0.05, 0.1) is 10.5 Å². The molecule has 2 aromatic carbocycles. The third-order valence-corrected chi connectivity index (χ3v) is 5.26. The number of benzene rings is 2. The highest BCUT2D eigenvalue weighted by Gasteiger charge is 2.20. The van der Waals surface area contributed by atoms with Gasteiger partial charge in [0.1, 0.15) is 0 Å². The van der Waals surface area contributed by atoms with Crippen LogP contribution in [0, 0.1) is 0 Å². The van der Waals surface area contributed by atoms with Crippen molar-refractivity contribution in [1.82, 2.24) is 15.6 Å². The molecule has 0 radical (unpaired) electrons. The Balaban J connectivity index is 2.04. The third kappa shape index (κ3) is 6.70. The number of carbonyl (C=O) groups excluding carboxylic acids is 3. The van der Waals surface area contributed by atoms with Crippen molar-refractivity contribution >= 4 is 27.8 Å². The summed E-state index contributed by atoms with van der Waals surface area (Å²) in [4.78, 5) is 34.2. The molecule has 10 heteroatoms. The van der Waals surface area contributed by atoms with Crippen molar-refractivity contribution < 1.29 is 27.5 Å². The molecule has 154 valence electrons. The minimum atomic E-state index is -3.90. The van der Waals surface area contributed by atoms with Gasteiger partial charge in [0, 0.05) is 13.0 Å². The first-order chi connectivity index (χ1) is 13.7. The molecule has 0 bridgehead atoms. The minimum Gasteiger partial charge on any atom is -0.452 e. The second kappa shape index (κ2) is 9.80. The van der Waals surface area contributed by atoms with Crippen LogP contribution in [-0.2, 0) is 24.3 Å². The van der Waals surface area contributed by atoms with Gasteiger partial charge in [-0.2, -0.15) is 0 Å². The van der Waals surface area contributed by atoms with Crippen LogP contribution in [0.4, 0.5) is 0 Å². The fourth-order valence-electron chi connectivity index (χ4n) is 2.31. The van der Waals surface area contributed by atoms with Gasteiger partial charge in [-0.3, -0.25) is 20.4 Å². The second-order valence-electron chi connectivity index (χ2n) is 6.09. The maximum Gasteiger partial charge on any atom is 0.338 e. The first kappa shape index (κ1) is 22.1. The zero-order chi connectivity index (χ0) is 21.4. The molecule has 0 aliphatic carbocycles. The Kier molecular flexibility index (Phi) is 7.46. The Morgan fingerprint density at radius 1 is 1.00 bits per heavy atom. The SMILES string of the molecule is CC(=O)NNC(=O)COC(=O)c1cccc(S(=O)(=O)N[C@H](C)c2ccccc2)c1. The maximum atomic E-state index is 12.6. The molecule has 0 aromatic heterocycles. The van der Waals surface area contributed by atoms with Crippen LogP contribution in [-0.4, -0.2) is 32.8 Å². The number of amides is 2. The van der Waals surface area contributed by atoms with Crippen molar-refractivity contribution in [3.63, 3.8) is 0 Å². The minimum absolute atomic E-state index is 0.0347. The normalized spacial score (nSPS) is 11.9. The Labute approximate surface area is 168 Å². The van der Waals surface area contributed by atoms with Crippen LogP contribution in [0.2, 0.25) is 0 Å². The Hall–Kier alpha value is -3.24. The van der Waals surface area contributed by atoms with Gasteiger partial charge in [0.15, 0.2) is 6.61 Å². The van der Waals surface area contributed by atoms with Gasteiger partial charge in [0.2, 0.25) is 15.9 Å². The summed E-state index contributed by atoms with van der Waals surface area (Å²) in [6, 6.07) is 13.8. The van der Waals surface area contributed by atoms with Gasteiger partial charge < -0.3 is 4.74 Å². The van der Waals surface area contributed by atoms with E-state index >= 15 is 0 Å². The van der Waals surface area contributed by atoms with Gasteiger partial charge in [-0.1, -0.05) is 36.4 Å². The highest BCUT2D eigenvalue weighted by atomic mass is 32.2. The van der Waals surface area contributed by atoms with Crippen LogP contribution >= 0.6 is 0 Å². The zero-order valence-electron chi connectivity index (χ0n) is 15.8. The van der Waals surface area contributed by atoms with E-state index in [2.05, 4.69) is 10.1 Å². The van der Waals surface area contributed by atoms with Crippen LogP contribution in [0.25, 0.3) is 0 Å². The largest absolute Gasteiger partial charge is 0.452 e. The number of ether oxygens (including phenoxy) is 1. The first-order valence-corrected chi connectivity index (χ1v) is 10.1. The first-order valence-electron chi connectivity index (χ1n) is 8.59. The van der Waals surface area contributed by atoms with Crippen LogP contribution in [0.5, 0.6) is 0 Å². The molecular weight excluding hydrogens is 398 g/mol. The van der Waals surface area contributed by atoms with E-state index in [1.165, 1.54) is 25.1 Å². The van der Waals surface area contributed by atoms with Gasteiger partial charge in [0.25, 0.3) is 5.91 Å². The Bertz CT molecular complexity index is 992. The van der Waals surface area contributed by atoms with E-state index in [9.17, 15) is 22.8 Å². The number of nitrogens with one attached hydrogen (secondary N) is 3. The van der Waals surface area contributed by atoms with Crippen molar-refractivity contribution in [2.75, 3.05) is 6.61 Å². The molecule has 2 aromatic rings. The van der Waals surface area contributed by atoms with Gasteiger partial charge in [-0.15, -0.1) is 0 Å². The summed E-state index contributed by atoms with van der Waals surface area (Å²) < 4.78 is 32.6. The molecule has 9 nitrogen and oxygen atoms in total. The molecule has 2 amide bonds. The Morgan fingerprint density at radius 3 is 2.34 bits per heavy atom. The molecule has 0 unspecified atom stereocenters. The predicted molar refractivity (Wildman–Crippen MR) is 104 cm³/mol. The quantitative estimate of drug-likeness (QED) is 0.454. The van der Waals surface area contributed by atoms with E-state index in [0.717, 1.165) is 11.6 Å². The van der Waals surface area contributed by atoms with Crippen LogP contribution in [0.1, 0.15) is 35.8 Å². The predicted octanol–water partition coefficient (Wildman–Crippen LogP) is 1.05. The summed E-state index contributed by atoms with van der Waals surface area (Å²) in [5.74, 6) is -2.10. The fourth-order valence-corrected chi connectivity index (χ4v) is 3.59. The average molecular weight is 419 g/mol. The number of rotatable bonds is 7. The van der Waals surface area contributed by atoms with E-state index in [0.29, 0.717) is 0 Å². The third-order valence-electron chi connectivity index (χ3n) is 3.72. The van der Waals surface area contributed by atoms with E-state index < -0.39 is 40.5 Å². The highest BCUT2D eigenvalue weighted by molar-refractivity contribution is 7.89. The van der Waals surface area contributed by atoms with Crippen molar-refractivity contribution in [3.05, 3.63) is 65.7 Å². The molecule has 0 heterocycles. The lowest BCUT2D eigenvalue weighted by atomic mass is 10.1.